The fourth-order valence-corrected chi connectivity index (χ4v) is 4.21. The van der Waals surface area contributed by atoms with Gasteiger partial charge in [0.25, 0.3) is 0 Å². The molecule has 2 aromatic rings. The first-order valence-electron chi connectivity index (χ1n) is 8.45. The van der Waals surface area contributed by atoms with Gasteiger partial charge in [0, 0.05) is 22.7 Å². The second kappa shape index (κ2) is 6.50. The van der Waals surface area contributed by atoms with Gasteiger partial charge in [-0.15, -0.1) is 5.10 Å². The number of Topliss-reactive ketones (excluding diaryl/α,β-unsaturated/α-hetero) is 1. The van der Waals surface area contributed by atoms with Crippen molar-refractivity contribution in [3.05, 3.63) is 46.1 Å². The van der Waals surface area contributed by atoms with E-state index in [2.05, 4.69) is 29.2 Å². The average molecular weight is 375 g/mol. The molecule has 1 aliphatic heterocycles. The summed E-state index contributed by atoms with van der Waals surface area (Å²) in [6, 6.07) is 7.39. The van der Waals surface area contributed by atoms with E-state index in [1.54, 1.807) is 11.8 Å². The normalized spacial score (nSPS) is 22.4. The van der Waals surface area contributed by atoms with Gasteiger partial charge in [-0.1, -0.05) is 49.3 Å². The van der Waals surface area contributed by atoms with Crippen LogP contribution in [0.15, 0.2) is 40.7 Å². The standard InChI is InChI=1S/C18H19ClN4OS/c1-3-25-18-21-17-20-13-8-10(2)9-14(24)15(13)16(23(17)22-18)11-4-6-12(19)7-5-11/h4-7,10,16H,3,8-9H2,1-2H3,(H,20,21,22)/t10-,16+/m0/s1. The molecule has 130 valence electrons. The number of halogens is 1. The number of nitrogens with one attached hydrogen (secondary N) is 1. The van der Waals surface area contributed by atoms with Crippen molar-refractivity contribution >= 4 is 35.1 Å². The first-order chi connectivity index (χ1) is 12.1. The minimum atomic E-state index is -0.248. The lowest BCUT2D eigenvalue weighted by Crippen LogP contribution is -2.33. The number of carbonyl (C=O) groups is 1. The highest BCUT2D eigenvalue weighted by Gasteiger charge is 2.38. The number of carbonyl (C=O) groups excluding carboxylic acids is 1. The quantitative estimate of drug-likeness (QED) is 0.811. The molecule has 7 heteroatoms. The molecule has 2 atom stereocenters. The zero-order valence-corrected chi connectivity index (χ0v) is 15.7. The Balaban J connectivity index is 1.86. The summed E-state index contributed by atoms with van der Waals surface area (Å²) >= 11 is 7.65. The Hall–Kier alpha value is -1.79. The first kappa shape index (κ1) is 16.7. The summed E-state index contributed by atoms with van der Waals surface area (Å²) in [5.41, 5.74) is 2.79. The predicted molar refractivity (Wildman–Crippen MR) is 100 cm³/mol. The molecule has 0 radical (unpaired) electrons. The minimum Gasteiger partial charge on any atom is -0.328 e. The number of nitrogens with zero attached hydrogens (tertiary/aromatic N) is 3. The molecule has 4 rings (SSSR count). The zero-order chi connectivity index (χ0) is 17.6. The Labute approximate surface area is 155 Å². The van der Waals surface area contributed by atoms with Gasteiger partial charge >= 0.3 is 0 Å². The van der Waals surface area contributed by atoms with Crippen LogP contribution < -0.4 is 5.32 Å². The predicted octanol–water partition coefficient (Wildman–Crippen LogP) is 4.31. The van der Waals surface area contributed by atoms with E-state index < -0.39 is 0 Å². The van der Waals surface area contributed by atoms with Crippen LogP contribution in [0.3, 0.4) is 0 Å². The smallest absolute Gasteiger partial charge is 0.227 e. The van der Waals surface area contributed by atoms with Crippen LogP contribution >= 0.6 is 23.4 Å². The van der Waals surface area contributed by atoms with Crippen LogP contribution in [0.4, 0.5) is 5.95 Å². The lowest BCUT2D eigenvalue weighted by molar-refractivity contribution is -0.117. The fraction of sp³-hybridized carbons (Fsp3) is 0.389. The molecule has 1 aromatic heterocycles. The molecule has 1 N–H and O–H groups in total. The number of hydrogen-bond acceptors (Lipinski definition) is 5. The summed E-state index contributed by atoms with van der Waals surface area (Å²) in [5.74, 6) is 2.13. The number of fused-ring (bicyclic) bond motifs is 1. The van der Waals surface area contributed by atoms with E-state index in [-0.39, 0.29) is 11.8 Å². The first-order valence-corrected chi connectivity index (χ1v) is 9.81. The van der Waals surface area contributed by atoms with Crippen LogP contribution in [-0.2, 0) is 4.79 Å². The van der Waals surface area contributed by atoms with Crippen molar-refractivity contribution in [2.24, 2.45) is 5.92 Å². The van der Waals surface area contributed by atoms with Gasteiger partial charge in [-0.25, -0.2) is 4.68 Å². The van der Waals surface area contributed by atoms with Gasteiger partial charge in [0.1, 0.15) is 6.04 Å². The zero-order valence-electron chi connectivity index (χ0n) is 14.1. The maximum Gasteiger partial charge on any atom is 0.227 e. The highest BCUT2D eigenvalue weighted by molar-refractivity contribution is 7.99. The number of anilines is 1. The molecule has 1 aliphatic carbocycles. The summed E-state index contributed by atoms with van der Waals surface area (Å²) in [6.45, 7) is 4.18. The molecule has 0 unspecified atom stereocenters. The lowest BCUT2D eigenvalue weighted by atomic mass is 9.81. The van der Waals surface area contributed by atoms with E-state index in [1.165, 1.54) is 0 Å². The second-order valence-corrected chi connectivity index (χ2v) is 8.17. The Bertz CT molecular complexity index is 858. The summed E-state index contributed by atoms with van der Waals surface area (Å²) < 4.78 is 1.84. The highest BCUT2D eigenvalue weighted by atomic mass is 35.5. The maximum atomic E-state index is 12.8. The molecule has 0 saturated heterocycles. The summed E-state index contributed by atoms with van der Waals surface area (Å²) in [4.78, 5) is 17.4. The topological polar surface area (TPSA) is 59.8 Å². The van der Waals surface area contributed by atoms with Gasteiger partial charge in [0.15, 0.2) is 5.78 Å². The Morgan fingerprint density at radius 1 is 1.32 bits per heavy atom. The number of ketones is 1. The van der Waals surface area contributed by atoms with Crippen LogP contribution in [0, 0.1) is 5.92 Å². The molecule has 0 bridgehead atoms. The van der Waals surface area contributed by atoms with Crippen LogP contribution in [0.25, 0.3) is 0 Å². The average Bonchev–Trinajstić information content (AvgIpc) is 2.96. The van der Waals surface area contributed by atoms with Crippen molar-refractivity contribution < 1.29 is 4.79 Å². The molecule has 0 saturated carbocycles. The molecule has 25 heavy (non-hydrogen) atoms. The van der Waals surface area contributed by atoms with Crippen molar-refractivity contribution in [1.82, 2.24) is 14.8 Å². The molecule has 5 nitrogen and oxygen atoms in total. The molecular formula is C18H19ClN4OS. The van der Waals surface area contributed by atoms with Crippen molar-refractivity contribution in [1.29, 1.82) is 0 Å². The van der Waals surface area contributed by atoms with Gasteiger partial charge in [-0.2, -0.15) is 4.98 Å². The van der Waals surface area contributed by atoms with E-state index in [1.807, 2.05) is 28.9 Å². The third-order valence-electron chi connectivity index (χ3n) is 4.56. The number of benzene rings is 1. The van der Waals surface area contributed by atoms with Gasteiger partial charge in [0.05, 0.1) is 0 Å². The van der Waals surface area contributed by atoms with Crippen molar-refractivity contribution in [2.45, 2.75) is 37.9 Å². The van der Waals surface area contributed by atoms with Gasteiger partial charge in [-0.05, 0) is 35.8 Å². The molecule has 1 aromatic carbocycles. The Kier molecular flexibility index (Phi) is 4.33. The van der Waals surface area contributed by atoms with E-state index in [0.29, 0.717) is 23.3 Å². The van der Waals surface area contributed by atoms with Crippen LogP contribution in [-0.4, -0.2) is 26.3 Å². The van der Waals surface area contributed by atoms with Gasteiger partial charge in [0.2, 0.25) is 11.1 Å². The largest absolute Gasteiger partial charge is 0.328 e. The SMILES string of the molecule is CCSc1nc2n(n1)[C@H](c1ccc(Cl)cc1)C1=C(C[C@H](C)CC1=O)N2. The molecule has 0 spiro atoms. The Morgan fingerprint density at radius 2 is 2.08 bits per heavy atom. The monoisotopic (exact) mass is 374 g/mol. The molecular weight excluding hydrogens is 356 g/mol. The summed E-state index contributed by atoms with van der Waals surface area (Å²) in [5, 5.41) is 9.41. The van der Waals surface area contributed by atoms with Gasteiger partial charge < -0.3 is 5.32 Å². The van der Waals surface area contributed by atoms with E-state index in [0.717, 1.165) is 34.2 Å². The molecule has 0 amide bonds. The van der Waals surface area contributed by atoms with E-state index in [4.69, 9.17) is 11.6 Å². The fourth-order valence-electron chi connectivity index (χ4n) is 3.53. The molecule has 0 fully saturated rings. The third kappa shape index (κ3) is 2.98. The number of hydrogen-bond donors (Lipinski definition) is 1. The summed E-state index contributed by atoms with van der Waals surface area (Å²) in [7, 11) is 0. The number of thioether (sulfide) groups is 1. The minimum absolute atomic E-state index is 0.187. The van der Waals surface area contributed by atoms with Crippen LogP contribution in [0.5, 0.6) is 0 Å². The van der Waals surface area contributed by atoms with E-state index >= 15 is 0 Å². The second-order valence-electron chi connectivity index (χ2n) is 6.50. The molecule has 2 aliphatic rings. The van der Waals surface area contributed by atoms with E-state index in [9.17, 15) is 4.79 Å². The number of aromatic nitrogens is 3. The highest BCUT2D eigenvalue weighted by Crippen LogP contribution is 2.41. The van der Waals surface area contributed by atoms with Crippen molar-refractivity contribution in [3.8, 4) is 0 Å². The number of rotatable bonds is 3. The van der Waals surface area contributed by atoms with Crippen molar-refractivity contribution in [2.75, 3.05) is 11.1 Å². The summed E-state index contributed by atoms with van der Waals surface area (Å²) in [6.07, 6.45) is 1.43. The van der Waals surface area contributed by atoms with Crippen LogP contribution in [0.2, 0.25) is 5.02 Å². The maximum absolute atomic E-state index is 12.8. The lowest BCUT2D eigenvalue weighted by Gasteiger charge is -2.34. The molecule has 2 heterocycles. The Morgan fingerprint density at radius 3 is 2.80 bits per heavy atom. The van der Waals surface area contributed by atoms with Crippen molar-refractivity contribution in [3.63, 3.8) is 0 Å². The van der Waals surface area contributed by atoms with Crippen LogP contribution in [0.1, 0.15) is 38.3 Å². The van der Waals surface area contributed by atoms with Gasteiger partial charge in [-0.3, -0.25) is 4.79 Å². The number of allylic oxidation sites excluding steroid dienone is 2. The third-order valence-corrected chi connectivity index (χ3v) is 5.54.